The fourth-order valence-electron chi connectivity index (χ4n) is 2.90. The van der Waals surface area contributed by atoms with Gasteiger partial charge in [0.25, 0.3) is 0 Å². The van der Waals surface area contributed by atoms with Crippen LogP contribution in [-0.2, 0) is 9.53 Å². The molecule has 110 valence electrons. The zero-order valence-corrected chi connectivity index (χ0v) is 12.0. The lowest BCUT2D eigenvalue weighted by molar-refractivity contribution is -0.133. The number of carbonyl (C=O) groups is 1. The molecule has 5 heteroatoms. The number of hydrogen-bond donors (Lipinski definition) is 1. The van der Waals surface area contributed by atoms with Crippen LogP contribution in [0.3, 0.4) is 0 Å². The van der Waals surface area contributed by atoms with Gasteiger partial charge in [0.05, 0.1) is 0 Å². The number of piperazine rings is 1. The zero-order chi connectivity index (χ0) is 13.7. The lowest BCUT2D eigenvalue weighted by Gasteiger charge is -2.40. The Morgan fingerprint density at radius 1 is 1.26 bits per heavy atom. The van der Waals surface area contributed by atoms with E-state index in [1.54, 1.807) is 0 Å². The molecule has 0 spiro atoms. The molecule has 0 bridgehead atoms. The summed E-state index contributed by atoms with van der Waals surface area (Å²) in [6, 6.07) is 0.780. The first kappa shape index (κ1) is 14.8. The van der Waals surface area contributed by atoms with E-state index in [-0.39, 0.29) is 11.9 Å². The lowest BCUT2D eigenvalue weighted by atomic mass is 10.1. The van der Waals surface area contributed by atoms with E-state index < -0.39 is 0 Å². The lowest BCUT2D eigenvalue weighted by Crippen LogP contribution is -2.53. The Balaban J connectivity index is 1.70. The topological polar surface area (TPSA) is 58.8 Å². The number of hydrogen-bond acceptors (Lipinski definition) is 4. The Hall–Kier alpha value is -0.650. The molecule has 1 atom stereocenters. The van der Waals surface area contributed by atoms with Gasteiger partial charge in [0, 0.05) is 57.9 Å². The first-order valence-electron chi connectivity index (χ1n) is 7.52. The number of nitrogens with two attached hydrogens (primary N) is 1. The van der Waals surface area contributed by atoms with Crippen molar-refractivity contribution in [2.75, 3.05) is 39.4 Å². The summed E-state index contributed by atoms with van der Waals surface area (Å²) in [5.74, 6) is 0.268. The molecule has 0 aromatic carbocycles. The number of rotatable bonds is 4. The van der Waals surface area contributed by atoms with Crippen LogP contribution in [0.2, 0.25) is 0 Å². The second-order valence-corrected chi connectivity index (χ2v) is 5.78. The van der Waals surface area contributed by atoms with Crippen LogP contribution in [0, 0.1) is 0 Å². The molecular formula is C14H27N3O2. The molecule has 0 radical (unpaired) electrons. The fourth-order valence-corrected chi connectivity index (χ4v) is 2.90. The fraction of sp³-hybridized carbons (Fsp3) is 0.929. The molecule has 0 aromatic heterocycles. The molecule has 1 amide bonds. The third-order valence-electron chi connectivity index (χ3n) is 4.19. The highest BCUT2D eigenvalue weighted by Gasteiger charge is 2.26. The van der Waals surface area contributed by atoms with Crippen molar-refractivity contribution in [1.29, 1.82) is 0 Å². The average Bonchev–Trinajstić information content (AvgIpc) is 2.46. The SMILES string of the molecule is CC(N)CCC(=O)N1CCN(C2CCOCC2)CC1. The maximum absolute atomic E-state index is 12.0. The summed E-state index contributed by atoms with van der Waals surface area (Å²) >= 11 is 0. The predicted octanol–water partition coefficient (Wildman–Crippen LogP) is 0.437. The summed E-state index contributed by atoms with van der Waals surface area (Å²) in [6.07, 6.45) is 3.66. The van der Waals surface area contributed by atoms with E-state index >= 15 is 0 Å². The van der Waals surface area contributed by atoms with Gasteiger partial charge in [-0.1, -0.05) is 0 Å². The zero-order valence-electron chi connectivity index (χ0n) is 12.0. The van der Waals surface area contributed by atoms with Gasteiger partial charge in [0.2, 0.25) is 5.91 Å². The van der Waals surface area contributed by atoms with Crippen molar-refractivity contribution in [3.8, 4) is 0 Å². The first-order valence-corrected chi connectivity index (χ1v) is 7.52. The van der Waals surface area contributed by atoms with Crippen LogP contribution < -0.4 is 5.73 Å². The van der Waals surface area contributed by atoms with E-state index in [0.29, 0.717) is 12.5 Å². The van der Waals surface area contributed by atoms with Gasteiger partial charge in [0.1, 0.15) is 0 Å². The quantitative estimate of drug-likeness (QED) is 0.804. The summed E-state index contributed by atoms with van der Waals surface area (Å²) in [4.78, 5) is 16.5. The van der Waals surface area contributed by atoms with E-state index in [1.165, 1.54) is 0 Å². The van der Waals surface area contributed by atoms with Crippen molar-refractivity contribution >= 4 is 5.91 Å². The Kier molecular flexibility index (Phi) is 5.60. The van der Waals surface area contributed by atoms with Gasteiger partial charge < -0.3 is 15.4 Å². The maximum atomic E-state index is 12.0. The van der Waals surface area contributed by atoms with Gasteiger partial charge in [-0.05, 0) is 26.2 Å². The van der Waals surface area contributed by atoms with Crippen molar-refractivity contribution in [1.82, 2.24) is 9.80 Å². The minimum Gasteiger partial charge on any atom is -0.381 e. The molecule has 2 aliphatic rings. The molecule has 19 heavy (non-hydrogen) atoms. The predicted molar refractivity (Wildman–Crippen MR) is 74.9 cm³/mol. The van der Waals surface area contributed by atoms with Crippen molar-refractivity contribution < 1.29 is 9.53 Å². The number of ether oxygens (including phenoxy) is 1. The molecule has 0 saturated carbocycles. The van der Waals surface area contributed by atoms with Crippen LogP contribution in [0.25, 0.3) is 0 Å². The number of nitrogens with zero attached hydrogens (tertiary/aromatic N) is 2. The van der Waals surface area contributed by atoms with Crippen molar-refractivity contribution in [3.05, 3.63) is 0 Å². The van der Waals surface area contributed by atoms with E-state index in [1.807, 2.05) is 11.8 Å². The third kappa shape index (κ3) is 4.44. The molecule has 2 aliphatic heterocycles. The monoisotopic (exact) mass is 269 g/mol. The molecule has 2 saturated heterocycles. The summed E-state index contributed by atoms with van der Waals surface area (Å²) < 4.78 is 5.40. The van der Waals surface area contributed by atoms with Crippen LogP contribution in [0.4, 0.5) is 0 Å². The van der Waals surface area contributed by atoms with Crippen LogP contribution in [0.1, 0.15) is 32.6 Å². The number of carbonyl (C=O) groups excluding carboxylic acids is 1. The second kappa shape index (κ2) is 7.22. The van der Waals surface area contributed by atoms with Crippen LogP contribution in [-0.4, -0.2) is 67.2 Å². The second-order valence-electron chi connectivity index (χ2n) is 5.78. The minimum atomic E-state index is 0.118. The van der Waals surface area contributed by atoms with Gasteiger partial charge >= 0.3 is 0 Å². The van der Waals surface area contributed by atoms with E-state index in [9.17, 15) is 4.79 Å². The van der Waals surface area contributed by atoms with E-state index in [0.717, 1.165) is 58.7 Å². The van der Waals surface area contributed by atoms with Crippen LogP contribution in [0.5, 0.6) is 0 Å². The molecule has 0 aromatic rings. The summed E-state index contributed by atoms with van der Waals surface area (Å²) in [5, 5.41) is 0. The van der Waals surface area contributed by atoms with Gasteiger partial charge in [-0.25, -0.2) is 0 Å². The molecule has 1 unspecified atom stereocenters. The molecule has 5 nitrogen and oxygen atoms in total. The molecular weight excluding hydrogens is 242 g/mol. The summed E-state index contributed by atoms with van der Waals surface area (Å²) in [6.45, 7) is 7.49. The summed E-state index contributed by atoms with van der Waals surface area (Å²) in [5.41, 5.74) is 5.70. The van der Waals surface area contributed by atoms with Crippen LogP contribution >= 0.6 is 0 Å². The Morgan fingerprint density at radius 2 is 1.89 bits per heavy atom. The Bertz CT molecular complexity index is 282. The average molecular weight is 269 g/mol. The van der Waals surface area contributed by atoms with Gasteiger partial charge in [0.15, 0.2) is 0 Å². The van der Waals surface area contributed by atoms with Crippen molar-refractivity contribution in [3.63, 3.8) is 0 Å². The van der Waals surface area contributed by atoms with Crippen molar-refractivity contribution in [2.45, 2.75) is 44.7 Å². The van der Waals surface area contributed by atoms with Crippen LogP contribution in [0.15, 0.2) is 0 Å². The van der Waals surface area contributed by atoms with Gasteiger partial charge in [-0.2, -0.15) is 0 Å². The number of amides is 1. The largest absolute Gasteiger partial charge is 0.381 e. The molecule has 0 aliphatic carbocycles. The van der Waals surface area contributed by atoms with Gasteiger partial charge in [-0.3, -0.25) is 9.69 Å². The smallest absolute Gasteiger partial charge is 0.222 e. The normalized spacial score (nSPS) is 24.4. The molecule has 2 N–H and O–H groups in total. The van der Waals surface area contributed by atoms with Gasteiger partial charge in [-0.15, -0.1) is 0 Å². The molecule has 2 heterocycles. The minimum absolute atomic E-state index is 0.118. The highest BCUT2D eigenvalue weighted by atomic mass is 16.5. The highest BCUT2D eigenvalue weighted by molar-refractivity contribution is 5.76. The molecule has 2 fully saturated rings. The Morgan fingerprint density at radius 3 is 2.47 bits per heavy atom. The maximum Gasteiger partial charge on any atom is 0.222 e. The summed E-state index contributed by atoms with van der Waals surface area (Å²) in [7, 11) is 0. The van der Waals surface area contributed by atoms with Crippen molar-refractivity contribution in [2.24, 2.45) is 5.73 Å². The van der Waals surface area contributed by atoms with E-state index in [2.05, 4.69) is 4.90 Å². The first-order chi connectivity index (χ1) is 9.16. The Labute approximate surface area is 116 Å². The highest BCUT2D eigenvalue weighted by Crippen LogP contribution is 2.17. The molecule has 2 rings (SSSR count). The third-order valence-corrected chi connectivity index (χ3v) is 4.19. The van der Waals surface area contributed by atoms with E-state index in [4.69, 9.17) is 10.5 Å². The standard InChI is InChI=1S/C14H27N3O2/c1-12(15)2-3-14(18)17-8-6-16(7-9-17)13-4-10-19-11-5-13/h12-13H,2-11,15H2,1H3.